The van der Waals surface area contributed by atoms with Crippen molar-refractivity contribution in [2.45, 2.75) is 58.0 Å². The summed E-state index contributed by atoms with van der Waals surface area (Å²) in [5, 5.41) is 6.07. The number of amides is 2. The lowest BCUT2D eigenvalue weighted by molar-refractivity contribution is 0.256. The summed E-state index contributed by atoms with van der Waals surface area (Å²) in [6.07, 6.45) is 9.77. The Kier molecular flexibility index (Phi) is 6.63. The maximum absolute atomic E-state index is 12.0. The van der Waals surface area contributed by atoms with Gasteiger partial charge in [-0.2, -0.15) is 0 Å². The molecular formula is C20H28N4OS. The van der Waals surface area contributed by atoms with E-state index >= 15 is 0 Å². The number of benzene rings is 1. The third-order valence-corrected chi connectivity index (χ3v) is 5.87. The molecule has 2 amide bonds. The number of aromatic nitrogens is 1. The van der Waals surface area contributed by atoms with E-state index in [-0.39, 0.29) is 0 Å². The number of urea groups is 1. The van der Waals surface area contributed by atoms with Crippen LogP contribution in [0.3, 0.4) is 0 Å². The molecule has 140 valence electrons. The van der Waals surface area contributed by atoms with E-state index < -0.39 is 6.03 Å². The Morgan fingerprint density at radius 3 is 2.81 bits per heavy atom. The molecule has 5 nitrogen and oxygen atoms in total. The second-order valence-corrected chi connectivity index (χ2v) is 8.01. The molecule has 2 aromatic rings. The predicted octanol–water partition coefficient (Wildman–Crippen LogP) is 4.81. The fourth-order valence-corrected chi connectivity index (χ4v) is 4.47. The zero-order valence-corrected chi connectivity index (χ0v) is 16.2. The summed E-state index contributed by atoms with van der Waals surface area (Å²) < 4.78 is 0. The van der Waals surface area contributed by atoms with E-state index in [4.69, 9.17) is 5.73 Å². The van der Waals surface area contributed by atoms with E-state index in [1.54, 1.807) is 6.20 Å². The number of para-hydroxylation sites is 1. The third kappa shape index (κ3) is 4.83. The zero-order valence-electron chi connectivity index (χ0n) is 15.4. The summed E-state index contributed by atoms with van der Waals surface area (Å²) >= 11 is 1.40. The average Bonchev–Trinajstić information content (AvgIpc) is 3.16. The quantitative estimate of drug-likeness (QED) is 0.733. The first-order chi connectivity index (χ1) is 12.6. The lowest BCUT2D eigenvalue weighted by atomic mass is 9.85. The number of nitrogens with one attached hydrogen (secondary N) is 1. The van der Waals surface area contributed by atoms with Gasteiger partial charge in [-0.15, -0.1) is 11.3 Å². The fraction of sp³-hybridized carbons (Fsp3) is 0.500. The first kappa shape index (κ1) is 18.9. The Morgan fingerprint density at radius 2 is 2.12 bits per heavy atom. The number of primary amides is 1. The minimum atomic E-state index is -0.511. The number of hydrogen-bond acceptors (Lipinski definition) is 4. The second-order valence-electron chi connectivity index (χ2n) is 7.14. The molecule has 1 aliphatic rings. The van der Waals surface area contributed by atoms with Gasteiger partial charge in [-0.1, -0.05) is 50.3 Å². The van der Waals surface area contributed by atoms with Crippen LogP contribution in [0, 0.1) is 5.92 Å². The summed E-state index contributed by atoms with van der Waals surface area (Å²) in [5.41, 5.74) is 7.49. The number of nitrogens with zero attached hydrogens (tertiary/aromatic N) is 2. The predicted molar refractivity (Wildman–Crippen MR) is 108 cm³/mol. The van der Waals surface area contributed by atoms with Crippen LogP contribution < -0.4 is 16.0 Å². The van der Waals surface area contributed by atoms with Gasteiger partial charge in [0.1, 0.15) is 0 Å². The normalized spacial score (nSPS) is 16.3. The first-order valence-electron chi connectivity index (χ1n) is 9.45. The van der Waals surface area contributed by atoms with Crippen LogP contribution in [-0.4, -0.2) is 17.1 Å². The van der Waals surface area contributed by atoms with Crippen molar-refractivity contribution in [1.29, 1.82) is 0 Å². The SMILES string of the molecule is C[C@@H](CC1CCCCC1)NCc1ccccc1N(C(N)=O)c1nccs1. The highest BCUT2D eigenvalue weighted by Gasteiger charge is 2.21. The number of thiazole rings is 1. The van der Waals surface area contributed by atoms with Gasteiger partial charge in [0.15, 0.2) is 5.13 Å². The van der Waals surface area contributed by atoms with Gasteiger partial charge in [-0.05, 0) is 30.9 Å². The number of nitrogens with two attached hydrogens (primary N) is 1. The number of carbonyl (C=O) groups excluding carboxylic acids is 1. The molecule has 1 aliphatic carbocycles. The molecule has 0 spiro atoms. The molecule has 1 aromatic heterocycles. The van der Waals surface area contributed by atoms with Crippen molar-refractivity contribution in [3.63, 3.8) is 0 Å². The fourth-order valence-electron chi connectivity index (χ4n) is 3.81. The zero-order chi connectivity index (χ0) is 18.4. The number of anilines is 2. The van der Waals surface area contributed by atoms with Crippen LogP contribution in [0.25, 0.3) is 0 Å². The van der Waals surface area contributed by atoms with E-state index in [0.29, 0.717) is 17.7 Å². The van der Waals surface area contributed by atoms with Crippen LogP contribution in [0.15, 0.2) is 35.8 Å². The lowest BCUT2D eigenvalue weighted by Gasteiger charge is -2.26. The Labute approximate surface area is 159 Å². The van der Waals surface area contributed by atoms with Crippen molar-refractivity contribution in [3.05, 3.63) is 41.4 Å². The molecule has 1 heterocycles. The Hall–Kier alpha value is -1.92. The van der Waals surface area contributed by atoms with Gasteiger partial charge >= 0.3 is 6.03 Å². The Morgan fingerprint density at radius 1 is 1.35 bits per heavy atom. The molecule has 1 atom stereocenters. The van der Waals surface area contributed by atoms with Crippen molar-refractivity contribution < 1.29 is 4.79 Å². The summed E-state index contributed by atoms with van der Waals surface area (Å²) in [4.78, 5) is 17.8. The molecule has 26 heavy (non-hydrogen) atoms. The number of rotatable bonds is 7. The average molecular weight is 373 g/mol. The lowest BCUT2D eigenvalue weighted by Crippen LogP contribution is -2.33. The Balaban J connectivity index is 1.67. The smallest absolute Gasteiger partial charge is 0.325 e. The standard InChI is InChI=1S/C20H28N4OS/c1-15(13-16-7-3-2-4-8-16)23-14-17-9-5-6-10-18(17)24(19(21)25)20-22-11-12-26-20/h5-6,9-12,15-16,23H,2-4,7-8,13-14H2,1H3,(H2,21,25)/t15-/m0/s1. The summed E-state index contributed by atoms with van der Waals surface area (Å²) in [6, 6.07) is 7.82. The highest BCUT2D eigenvalue weighted by molar-refractivity contribution is 7.13. The summed E-state index contributed by atoms with van der Waals surface area (Å²) in [5.74, 6) is 0.846. The molecule has 1 saturated carbocycles. The molecule has 3 N–H and O–H groups in total. The van der Waals surface area contributed by atoms with Gasteiger partial charge in [0, 0.05) is 24.2 Å². The van der Waals surface area contributed by atoms with E-state index in [1.165, 1.54) is 54.8 Å². The monoisotopic (exact) mass is 372 g/mol. The van der Waals surface area contributed by atoms with Crippen molar-refractivity contribution >= 4 is 28.2 Å². The van der Waals surface area contributed by atoms with Crippen LogP contribution >= 0.6 is 11.3 Å². The second kappa shape index (κ2) is 9.14. The highest BCUT2D eigenvalue weighted by Crippen LogP contribution is 2.30. The summed E-state index contributed by atoms with van der Waals surface area (Å²) in [6.45, 7) is 2.96. The molecule has 0 radical (unpaired) electrons. The van der Waals surface area contributed by atoms with Crippen LogP contribution in [-0.2, 0) is 6.54 Å². The van der Waals surface area contributed by atoms with Gasteiger partial charge in [-0.3, -0.25) is 0 Å². The van der Waals surface area contributed by atoms with E-state index in [9.17, 15) is 4.79 Å². The minimum absolute atomic E-state index is 0.452. The van der Waals surface area contributed by atoms with E-state index in [1.807, 2.05) is 29.6 Å². The molecular weight excluding hydrogens is 344 g/mol. The van der Waals surface area contributed by atoms with Crippen molar-refractivity contribution in [1.82, 2.24) is 10.3 Å². The third-order valence-electron chi connectivity index (χ3n) is 5.12. The van der Waals surface area contributed by atoms with Gasteiger partial charge in [0.05, 0.1) is 5.69 Å². The first-order valence-corrected chi connectivity index (χ1v) is 10.3. The molecule has 0 unspecified atom stereocenters. The van der Waals surface area contributed by atoms with Crippen molar-refractivity contribution in [2.75, 3.05) is 4.90 Å². The molecule has 0 aliphatic heterocycles. The van der Waals surface area contributed by atoms with E-state index in [2.05, 4.69) is 17.2 Å². The highest BCUT2D eigenvalue weighted by atomic mass is 32.1. The molecule has 1 aromatic carbocycles. The number of carbonyl (C=O) groups is 1. The van der Waals surface area contributed by atoms with Crippen molar-refractivity contribution in [2.24, 2.45) is 11.7 Å². The largest absolute Gasteiger partial charge is 0.351 e. The maximum atomic E-state index is 12.0. The van der Waals surface area contributed by atoms with Crippen LogP contribution in [0.5, 0.6) is 0 Å². The summed E-state index contributed by atoms with van der Waals surface area (Å²) in [7, 11) is 0. The van der Waals surface area contributed by atoms with Gasteiger partial charge in [0.25, 0.3) is 0 Å². The van der Waals surface area contributed by atoms with Crippen molar-refractivity contribution in [3.8, 4) is 0 Å². The minimum Gasteiger partial charge on any atom is -0.351 e. The molecule has 1 fully saturated rings. The topological polar surface area (TPSA) is 71.2 Å². The van der Waals surface area contributed by atoms with Crippen LogP contribution in [0.1, 0.15) is 51.0 Å². The molecule has 0 bridgehead atoms. The van der Waals surface area contributed by atoms with E-state index in [0.717, 1.165) is 17.2 Å². The Bertz CT molecular complexity index is 698. The number of hydrogen-bond donors (Lipinski definition) is 2. The molecule has 0 saturated heterocycles. The van der Waals surface area contributed by atoms with Gasteiger partial charge in [-0.25, -0.2) is 14.7 Å². The maximum Gasteiger partial charge on any atom is 0.325 e. The molecule has 3 rings (SSSR count). The van der Waals surface area contributed by atoms with Gasteiger partial charge in [0.2, 0.25) is 0 Å². The van der Waals surface area contributed by atoms with Crippen LogP contribution in [0.2, 0.25) is 0 Å². The van der Waals surface area contributed by atoms with Gasteiger partial charge < -0.3 is 11.1 Å². The van der Waals surface area contributed by atoms with Crippen LogP contribution in [0.4, 0.5) is 15.6 Å². The molecule has 6 heteroatoms.